The molecular formula is C27H27NO3. The van der Waals surface area contributed by atoms with Crippen LogP contribution in [0.25, 0.3) is 0 Å². The molecule has 0 radical (unpaired) electrons. The van der Waals surface area contributed by atoms with E-state index in [1.807, 2.05) is 36.4 Å². The summed E-state index contributed by atoms with van der Waals surface area (Å²) in [6, 6.07) is 24.7. The van der Waals surface area contributed by atoms with Crippen LogP contribution in [-0.2, 0) is 16.1 Å². The number of ether oxygens (including phenoxy) is 2. The Bertz CT molecular complexity index is 1100. The van der Waals surface area contributed by atoms with Gasteiger partial charge in [0.25, 0.3) is 0 Å². The molecule has 31 heavy (non-hydrogen) atoms. The van der Waals surface area contributed by atoms with Gasteiger partial charge in [0, 0.05) is 18.5 Å². The number of hydrogen-bond donors (Lipinski definition) is 0. The van der Waals surface area contributed by atoms with E-state index in [1.165, 1.54) is 23.8 Å². The molecule has 1 aliphatic carbocycles. The first kappa shape index (κ1) is 20.9. The molecular weight excluding hydrogens is 386 g/mol. The smallest absolute Gasteiger partial charge is 0.356 e. The summed E-state index contributed by atoms with van der Waals surface area (Å²) in [5, 5.41) is 0. The first-order chi connectivity index (χ1) is 15.1. The van der Waals surface area contributed by atoms with Gasteiger partial charge in [0.1, 0.15) is 12.4 Å². The lowest BCUT2D eigenvalue weighted by molar-refractivity contribution is -0.132. The fraction of sp³-hybridized carbons (Fsp3) is 0.259. The number of methoxy groups -OCH3 is 1. The molecule has 4 nitrogen and oxygen atoms in total. The standard InChI is InChI=1S/C27H27NO3/c1-18-16-25(24-11-7-6-9-22(18)24)19-12-14-21(15-13-19)31-17-20-8-4-5-10-23(20)26(28-2)27(29)30-3/h4-15,18,25H,16-17H2,1-3H3. The maximum atomic E-state index is 12.1. The van der Waals surface area contributed by atoms with Gasteiger partial charge in [-0.3, -0.25) is 4.99 Å². The first-order valence-corrected chi connectivity index (χ1v) is 10.6. The van der Waals surface area contributed by atoms with Gasteiger partial charge in [-0.2, -0.15) is 0 Å². The molecule has 0 N–H and O–H groups in total. The van der Waals surface area contributed by atoms with Crippen LogP contribution >= 0.6 is 0 Å². The minimum Gasteiger partial charge on any atom is -0.489 e. The monoisotopic (exact) mass is 413 g/mol. The van der Waals surface area contributed by atoms with E-state index in [9.17, 15) is 4.79 Å². The highest BCUT2D eigenvalue weighted by molar-refractivity contribution is 6.43. The minimum absolute atomic E-state index is 0.297. The van der Waals surface area contributed by atoms with Gasteiger partial charge in [-0.25, -0.2) is 4.79 Å². The number of carbonyl (C=O) groups excluding carboxylic acids is 1. The van der Waals surface area contributed by atoms with Crippen LogP contribution in [0.15, 0.2) is 77.8 Å². The zero-order valence-electron chi connectivity index (χ0n) is 18.2. The van der Waals surface area contributed by atoms with Gasteiger partial charge in [0.15, 0.2) is 5.71 Å². The summed E-state index contributed by atoms with van der Waals surface area (Å²) in [6.07, 6.45) is 1.14. The molecule has 2 atom stereocenters. The van der Waals surface area contributed by atoms with Crippen LogP contribution in [0.1, 0.15) is 53.0 Å². The predicted molar refractivity (Wildman–Crippen MR) is 123 cm³/mol. The second-order valence-corrected chi connectivity index (χ2v) is 7.90. The second-order valence-electron chi connectivity index (χ2n) is 7.90. The molecule has 1 aliphatic rings. The van der Waals surface area contributed by atoms with E-state index in [0.717, 1.165) is 23.3 Å². The quantitative estimate of drug-likeness (QED) is 0.396. The third-order valence-electron chi connectivity index (χ3n) is 6.04. The van der Waals surface area contributed by atoms with Crippen LogP contribution in [0.2, 0.25) is 0 Å². The molecule has 3 aromatic rings. The maximum Gasteiger partial charge on any atom is 0.356 e. The highest BCUT2D eigenvalue weighted by Crippen LogP contribution is 2.44. The lowest BCUT2D eigenvalue weighted by atomic mass is 9.93. The molecule has 4 heteroatoms. The van der Waals surface area contributed by atoms with Gasteiger partial charge in [0.05, 0.1) is 7.11 Å². The van der Waals surface area contributed by atoms with E-state index in [0.29, 0.717) is 24.2 Å². The molecule has 158 valence electrons. The number of carbonyl (C=O) groups is 1. The van der Waals surface area contributed by atoms with Crippen LogP contribution in [0.4, 0.5) is 0 Å². The molecule has 2 unspecified atom stereocenters. The Hall–Kier alpha value is -3.40. The normalized spacial score (nSPS) is 17.8. The van der Waals surface area contributed by atoms with Crippen LogP contribution < -0.4 is 4.74 Å². The van der Waals surface area contributed by atoms with Crippen molar-refractivity contribution in [3.05, 3.63) is 101 Å². The Morgan fingerprint density at radius 2 is 1.65 bits per heavy atom. The molecule has 0 amide bonds. The van der Waals surface area contributed by atoms with Crippen LogP contribution in [0.5, 0.6) is 5.75 Å². The lowest BCUT2D eigenvalue weighted by Crippen LogP contribution is -2.19. The largest absolute Gasteiger partial charge is 0.489 e. The first-order valence-electron chi connectivity index (χ1n) is 10.6. The number of aliphatic imine (C=N–C) groups is 1. The topological polar surface area (TPSA) is 47.9 Å². The summed E-state index contributed by atoms with van der Waals surface area (Å²) in [5.74, 6) is 1.36. The van der Waals surface area contributed by atoms with Crippen LogP contribution in [0, 0.1) is 0 Å². The average Bonchev–Trinajstić information content (AvgIpc) is 3.16. The van der Waals surface area contributed by atoms with E-state index in [2.05, 4.69) is 48.3 Å². The highest BCUT2D eigenvalue weighted by Gasteiger charge is 2.28. The van der Waals surface area contributed by atoms with Crippen molar-refractivity contribution >= 4 is 11.7 Å². The summed E-state index contributed by atoms with van der Waals surface area (Å²) in [7, 11) is 2.95. The van der Waals surface area contributed by atoms with Crippen LogP contribution in [-0.4, -0.2) is 25.8 Å². The number of nitrogens with zero attached hydrogens (tertiary/aromatic N) is 1. The summed E-state index contributed by atoms with van der Waals surface area (Å²) >= 11 is 0. The molecule has 0 aromatic heterocycles. The molecule has 0 spiro atoms. The summed E-state index contributed by atoms with van der Waals surface area (Å²) < 4.78 is 10.9. The molecule has 0 saturated carbocycles. The predicted octanol–water partition coefficient (Wildman–Crippen LogP) is 5.50. The number of hydrogen-bond acceptors (Lipinski definition) is 4. The third-order valence-corrected chi connectivity index (χ3v) is 6.04. The number of rotatable bonds is 6. The Morgan fingerprint density at radius 3 is 2.35 bits per heavy atom. The van der Waals surface area contributed by atoms with E-state index >= 15 is 0 Å². The van der Waals surface area contributed by atoms with Crippen molar-refractivity contribution in [3.8, 4) is 5.75 Å². The van der Waals surface area contributed by atoms with Crippen molar-refractivity contribution in [2.24, 2.45) is 4.99 Å². The van der Waals surface area contributed by atoms with E-state index in [-0.39, 0.29) is 0 Å². The fourth-order valence-corrected chi connectivity index (χ4v) is 4.45. The van der Waals surface area contributed by atoms with Crippen molar-refractivity contribution in [2.45, 2.75) is 31.8 Å². The van der Waals surface area contributed by atoms with E-state index in [1.54, 1.807) is 7.05 Å². The Kier molecular flexibility index (Phi) is 6.17. The van der Waals surface area contributed by atoms with Crippen molar-refractivity contribution in [1.82, 2.24) is 0 Å². The summed E-state index contributed by atoms with van der Waals surface area (Å²) in [5.41, 5.74) is 6.12. The highest BCUT2D eigenvalue weighted by atomic mass is 16.5. The van der Waals surface area contributed by atoms with Gasteiger partial charge in [-0.15, -0.1) is 0 Å². The number of esters is 1. The zero-order chi connectivity index (χ0) is 21.8. The number of benzene rings is 3. The Morgan fingerprint density at radius 1 is 0.968 bits per heavy atom. The van der Waals surface area contributed by atoms with Gasteiger partial charge < -0.3 is 9.47 Å². The lowest BCUT2D eigenvalue weighted by Gasteiger charge is -2.14. The molecule has 0 fully saturated rings. The van der Waals surface area contributed by atoms with Gasteiger partial charge in [-0.1, -0.05) is 67.6 Å². The van der Waals surface area contributed by atoms with Crippen molar-refractivity contribution < 1.29 is 14.3 Å². The SMILES string of the molecule is CN=C(C(=O)OC)c1ccccc1COc1ccc(C2CC(C)c3ccccc32)cc1. The summed E-state index contributed by atoms with van der Waals surface area (Å²) in [4.78, 5) is 16.2. The van der Waals surface area contributed by atoms with E-state index < -0.39 is 5.97 Å². The Labute approximate surface area is 183 Å². The van der Waals surface area contributed by atoms with Crippen molar-refractivity contribution in [3.63, 3.8) is 0 Å². The second kappa shape index (κ2) is 9.17. The van der Waals surface area contributed by atoms with Gasteiger partial charge in [-0.05, 0) is 46.7 Å². The molecule has 0 aliphatic heterocycles. The van der Waals surface area contributed by atoms with Crippen molar-refractivity contribution in [1.29, 1.82) is 0 Å². The summed E-state index contributed by atoms with van der Waals surface area (Å²) in [6.45, 7) is 2.64. The van der Waals surface area contributed by atoms with Crippen LogP contribution in [0.3, 0.4) is 0 Å². The van der Waals surface area contributed by atoms with E-state index in [4.69, 9.17) is 9.47 Å². The molecule has 0 heterocycles. The third kappa shape index (κ3) is 4.24. The molecule has 0 saturated heterocycles. The Balaban J connectivity index is 1.49. The minimum atomic E-state index is -0.453. The van der Waals surface area contributed by atoms with Gasteiger partial charge in [0.2, 0.25) is 0 Å². The number of fused-ring (bicyclic) bond motifs is 1. The molecule has 3 aromatic carbocycles. The van der Waals surface area contributed by atoms with Crippen molar-refractivity contribution in [2.75, 3.05) is 14.2 Å². The molecule has 0 bridgehead atoms. The molecule has 4 rings (SSSR count). The fourth-order valence-electron chi connectivity index (χ4n) is 4.45. The maximum absolute atomic E-state index is 12.1. The average molecular weight is 414 g/mol. The zero-order valence-corrected chi connectivity index (χ0v) is 18.2. The van der Waals surface area contributed by atoms with Gasteiger partial charge >= 0.3 is 5.97 Å².